The van der Waals surface area contributed by atoms with Crippen LogP contribution in [0, 0.1) is 12.3 Å². The zero-order chi connectivity index (χ0) is 61.4. The first-order chi connectivity index (χ1) is 44.0. The van der Waals surface area contributed by atoms with Crippen molar-refractivity contribution in [3.63, 3.8) is 0 Å². The number of rotatable bonds is 13. The van der Waals surface area contributed by atoms with Crippen LogP contribution in [0.1, 0.15) is 65.2 Å². The number of para-hydroxylation sites is 4. The third-order valence-electron chi connectivity index (χ3n) is 16.0. The van der Waals surface area contributed by atoms with Gasteiger partial charge in [0.1, 0.15) is 11.4 Å². The number of amides is 3. The minimum atomic E-state index is -0.356. The van der Waals surface area contributed by atoms with Gasteiger partial charge < -0.3 is 45.4 Å². The van der Waals surface area contributed by atoms with Crippen molar-refractivity contribution in [1.82, 2.24) is 48.6 Å². The van der Waals surface area contributed by atoms with E-state index < -0.39 is 0 Å². The Morgan fingerprint density at radius 1 is 0.489 bits per heavy atom. The van der Waals surface area contributed by atoms with Crippen LogP contribution in [0.5, 0.6) is 0 Å². The van der Waals surface area contributed by atoms with Crippen LogP contribution in [0.4, 0.5) is 22.7 Å². The maximum Gasteiger partial charge on any atom is 0.273 e. The van der Waals surface area contributed by atoms with Crippen molar-refractivity contribution < 1.29 is 14.4 Å². The Bertz CT molecular complexity index is 5160. The molecule has 0 spiro atoms. The second kappa shape index (κ2) is 23.3. The highest BCUT2D eigenvalue weighted by atomic mass is 16.2. The number of nitrogens with one attached hydrogen (secondary N) is 5. The molecule has 17 heteroatoms. The maximum atomic E-state index is 14.8. The Morgan fingerprint density at radius 2 is 0.922 bits per heavy atom. The summed E-state index contributed by atoms with van der Waals surface area (Å²) in [6.07, 6.45) is 23.3. The lowest BCUT2D eigenvalue weighted by Crippen LogP contribution is -2.16. The number of carbonyl (C=O) groups excluding carboxylic acids is 3. The highest BCUT2D eigenvalue weighted by molar-refractivity contribution is 6.11. The van der Waals surface area contributed by atoms with E-state index in [1.54, 1.807) is 48.3 Å². The molecule has 7 N–H and O–H groups in total. The Balaban J connectivity index is 0.976. The molecule has 17 nitrogen and oxygen atoms in total. The Morgan fingerprint density at radius 3 is 1.38 bits per heavy atom. The van der Waals surface area contributed by atoms with Crippen molar-refractivity contribution in [3.05, 3.63) is 258 Å². The molecule has 0 fully saturated rings. The summed E-state index contributed by atoms with van der Waals surface area (Å²) in [5.74, 6) is 1.66. The van der Waals surface area contributed by atoms with Gasteiger partial charge in [0.25, 0.3) is 17.7 Å². The first kappa shape index (κ1) is 55.2. The molecule has 3 amide bonds. The molecule has 6 aromatic heterocycles. The molecule has 14 rings (SSSR count). The molecule has 2 aliphatic heterocycles. The van der Waals surface area contributed by atoms with E-state index in [1.807, 2.05) is 199 Å². The average molecular weight is 1180 g/mol. The van der Waals surface area contributed by atoms with E-state index in [4.69, 9.17) is 22.1 Å². The Kier molecular flexibility index (Phi) is 14.3. The number of benzene rings is 6. The lowest BCUT2D eigenvalue weighted by Gasteiger charge is -2.14. The zero-order valence-electron chi connectivity index (χ0n) is 48.6. The van der Waals surface area contributed by atoms with Gasteiger partial charge in [0, 0.05) is 121 Å². The van der Waals surface area contributed by atoms with Crippen molar-refractivity contribution in [1.29, 1.82) is 0 Å². The van der Waals surface area contributed by atoms with Crippen molar-refractivity contribution in [2.75, 3.05) is 21.7 Å². The van der Waals surface area contributed by atoms with E-state index >= 15 is 0 Å². The minimum Gasteiger partial charge on any atom is -0.398 e. The molecule has 0 atom stereocenters. The van der Waals surface area contributed by atoms with Gasteiger partial charge in [-0.25, -0.2) is 24.9 Å². The first-order valence-electron chi connectivity index (χ1n) is 28.9. The van der Waals surface area contributed by atoms with E-state index in [0.717, 1.165) is 33.5 Å². The smallest absolute Gasteiger partial charge is 0.273 e. The standard InChI is InChI=1S/C73H54N14O3/c1-4-44-24-26-46(27-25-44)64-37-77-43-87(64)40-45-14-13-15-47(36-45)71(88)82-53-21-10-6-17-49(53)68-58-30-28-56(78-58)67(48-16-5-9-20-52(48)74)57-29-31-59(79-57)69(50-18-7-11-22-54(50)83-72(89)65-38-75-41-85(65)2)61-34-35-63(81-61)70(62-33-32-60(68)80-62)51-19-8-12-23-55(51)84-73(90)66-39-76-42-86(66)3/h1,5-39,41-43,79-80H,40,74H2,2-3H3,(H,82,88)(H,83,89)(H,84,90). The van der Waals surface area contributed by atoms with Crippen LogP contribution in [-0.2, 0) is 20.6 Å². The number of nitrogen functional groups attached to an aromatic ring is 1. The summed E-state index contributed by atoms with van der Waals surface area (Å²) < 4.78 is 5.36. The Labute approximate surface area is 516 Å². The summed E-state index contributed by atoms with van der Waals surface area (Å²) in [6, 6.07) is 53.8. The van der Waals surface area contributed by atoms with Crippen molar-refractivity contribution in [2.24, 2.45) is 14.1 Å². The van der Waals surface area contributed by atoms with Gasteiger partial charge in [-0.3, -0.25) is 14.4 Å². The molecule has 8 bridgehead atoms. The van der Waals surface area contributed by atoms with Gasteiger partial charge in [-0.15, -0.1) is 6.42 Å². The second-order valence-corrected chi connectivity index (χ2v) is 21.7. The largest absolute Gasteiger partial charge is 0.398 e. The number of H-pyrrole nitrogens is 2. The summed E-state index contributed by atoms with van der Waals surface area (Å²) in [7, 11) is 3.54. The van der Waals surface area contributed by atoms with Crippen LogP contribution in [0.15, 0.2) is 207 Å². The molecular weight excluding hydrogens is 1120 g/mol. The van der Waals surface area contributed by atoms with Gasteiger partial charge in [0.15, 0.2) is 0 Å². The highest BCUT2D eigenvalue weighted by Gasteiger charge is 2.25. The number of aromatic amines is 2. The Hall–Kier alpha value is -12.7. The number of fused-ring (bicyclic) bond motifs is 8. The van der Waals surface area contributed by atoms with Gasteiger partial charge in [-0.1, -0.05) is 103 Å². The number of aryl methyl sites for hydroxylation is 2. The molecule has 0 saturated carbocycles. The molecule has 434 valence electrons. The van der Waals surface area contributed by atoms with E-state index in [2.05, 4.69) is 46.8 Å². The predicted octanol–water partition coefficient (Wildman–Crippen LogP) is 14.0. The number of hydrogen-bond donors (Lipinski definition) is 6. The number of nitrogens with two attached hydrogens (primary N) is 1. The quantitative estimate of drug-likeness (QED) is 0.0476. The van der Waals surface area contributed by atoms with Gasteiger partial charge in [0.2, 0.25) is 0 Å². The minimum absolute atomic E-state index is 0.317. The van der Waals surface area contributed by atoms with E-state index in [-0.39, 0.29) is 17.7 Å². The highest BCUT2D eigenvalue weighted by Crippen LogP contribution is 2.43. The molecule has 2 aliphatic rings. The van der Waals surface area contributed by atoms with Crippen molar-refractivity contribution in [2.45, 2.75) is 6.54 Å². The molecule has 8 heterocycles. The number of anilines is 4. The number of hydrogen-bond acceptors (Lipinski definition) is 9. The summed E-state index contributed by atoms with van der Waals surface area (Å²) in [6.45, 7) is 0.460. The lowest BCUT2D eigenvalue weighted by atomic mass is 10.0. The molecule has 0 unspecified atom stereocenters. The van der Waals surface area contributed by atoms with Crippen LogP contribution < -0.4 is 21.7 Å². The van der Waals surface area contributed by atoms with Crippen molar-refractivity contribution in [3.8, 4) is 68.1 Å². The van der Waals surface area contributed by atoms with Crippen LogP contribution in [0.2, 0.25) is 0 Å². The van der Waals surface area contributed by atoms with E-state index in [0.29, 0.717) is 124 Å². The number of aromatic nitrogens is 10. The van der Waals surface area contributed by atoms with Gasteiger partial charge in [-0.05, 0) is 108 Å². The zero-order valence-corrected chi connectivity index (χ0v) is 48.6. The summed E-state index contributed by atoms with van der Waals surface area (Å²) in [5, 5.41) is 9.63. The predicted molar refractivity (Wildman–Crippen MR) is 356 cm³/mol. The average Bonchev–Trinajstić information content (AvgIpc) is 1.74. The lowest BCUT2D eigenvalue weighted by molar-refractivity contribution is 0.101. The monoisotopic (exact) mass is 1170 g/mol. The topological polar surface area (TPSA) is 224 Å². The summed E-state index contributed by atoms with van der Waals surface area (Å²) in [5.41, 5.74) is 24.3. The fourth-order valence-corrected chi connectivity index (χ4v) is 11.6. The third kappa shape index (κ3) is 10.5. The van der Waals surface area contributed by atoms with Crippen molar-refractivity contribution >= 4 is 86.8 Å². The molecule has 6 aromatic carbocycles. The van der Waals surface area contributed by atoms with E-state index in [9.17, 15) is 14.4 Å². The molecule has 0 radical (unpaired) electrons. The molecule has 0 saturated heterocycles. The summed E-state index contributed by atoms with van der Waals surface area (Å²) in [4.78, 5) is 74.4. The third-order valence-corrected chi connectivity index (χ3v) is 16.0. The van der Waals surface area contributed by atoms with Gasteiger partial charge in [-0.2, -0.15) is 0 Å². The van der Waals surface area contributed by atoms with Crippen LogP contribution >= 0.6 is 0 Å². The van der Waals surface area contributed by atoms with Gasteiger partial charge >= 0.3 is 0 Å². The number of nitrogens with zero attached hydrogens (tertiary/aromatic N) is 8. The number of imidazole rings is 3. The van der Waals surface area contributed by atoms with Crippen LogP contribution in [0.3, 0.4) is 0 Å². The molecule has 90 heavy (non-hydrogen) atoms. The normalized spacial score (nSPS) is 11.6. The number of terminal acetylenes is 1. The fourth-order valence-electron chi connectivity index (χ4n) is 11.6. The molecular formula is C73H54N14O3. The van der Waals surface area contributed by atoms with Crippen LogP contribution in [-0.4, -0.2) is 66.3 Å². The summed E-state index contributed by atoms with van der Waals surface area (Å²) >= 11 is 0. The first-order valence-corrected chi connectivity index (χ1v) is 28.9. The fraction of sp³-hybridized carbons (Fsp3) is 0.0411. The van der Waals surface area contributed by atoms with E-state index in [1.165, 1.54) is 12.4 Å². The van der Waals surface area contributed by atoms with Gasteiger partial charge in [0.05, 0.1) is 66.0 Å². The molecule has 12 aromatic rings. The van der Waals surface area contributed by atoms with Crippen LogP contribution in [0.25, 0.3) is 102 Å². The maximum absolute atomic E-state index is 14.8. The molecule has 0 aliphatic carbocycles. The second-order valence-electron chi connectivity index (χ2n) is 21.7. The SMILES string of the molecule is C#Cc1ccc(-c2cncn2Cc2cccc(C(=O)Nc3ccccc3-c3c4nc(c(-c5ccccc5N)c5ccc([nH]5)c(-c5ccccc5NC(=O)c5cncn5C)c5nc(c(-c6ccccc6NC(=O)c6cncn6C)c6ccc3[nH]6)C=C5)C=C4)c2)cc1. The number of carbonyl (C=O) groups is 3.